The molecule has 168 valence electrons. The second-order valence-corrected chi connectivity index (χ2v) is 8.84. The van der Waals surface area contributed by atoms with Crippen LogP contribution in [0.25, 0.3) is 0 Å². The standard InChI is InChI=1S/C24H28N4O3S/c1-15(2)28-22(13-31-21-10-9-16(3)11-17(21)4)26-27-24(28)32-14-23(30)25-20-8-6-7-19(12-20)18(5)29/h6-12,15H,13-14H2,1-5H3,(H,25,30). The van der Waals surface area contributed by atoms with E-state index < -0.39 is 0 Å². The van der Waals surface area contributed by atoms with Crippen LogP contribution >= 0.6 is 11.8 Å². The van der Waals surface area contributed by atoms with Gasteiger partial charge in [0, 0.05) is 17.3 Å². The maximum atomic E-state index is 12.4. The lowest BCUT2D eigenvalue weighted by molar-refractivity contribution is -0.113. The summed E-state index contributed by atoms with van der Waals surface area (Å²) in [5.41, 5.74) is 3.41. The molecule has 0 unspecified atom stereocenters. The molecule has 7 nitrogen and oxygen atoms in total. The van der Waals surface area contributed by atoms with Crippen LogP contribution in [0.5, 0.6) is 5.75 Å². The Hall–Kier alpha value is -3.13. The molecule has 3 rings (SSSR count). The zero-order valence-corrected chi connectivity index (χ0v) is 19.8. The Morgan fingerprint density at radius 3 is 2.59 bits per heavy atom. The second kappa shape index (κ2) is 10.5. The predicted octanol–water partition coefficient (Wildman–Crippen LogP) is 4.99. The van der Waals surface area contributed by atoms with Crippen molar-refractivity contribution in [3.8, 4) is 5.75 Å². The summed E-state index contributed by atoms with van der Waals surface area (Å²) in [6.07, 6.45) is 0. The van der Waals surface area contributed by atoms with Gasteiger partial charge in [-0.15, -0.1) is 10.2 Å². The third kappa shape index (κ3) is 5.97. The molecule has 2 aromatic carbocycles. The van der Waals surface area contributed by atoms with Crippen molar-refractivity contribution < 1.29 is 14.3 Å². The molecule has 1 heterocycles. The molecular weight excluding hydrogens is 424 g/mol. The van der Waals surface area contributed by atoms with Gasteiger partial charge >= 0.3 is 0 Å². The highest BCUT2D eigenvalue weighted by Gasteiger charge is 2.17. The van der Waals surface area contributed by atoms with Crippen LogP contribution in [0.2, 0.25) is 0 Å². The molecular formula is C24H28N4O3S. The van der Waals surface area contributed by atoms with E-state index in [4.69, 9.17) is 4.74 Å². The minimum absolute atomic E-state index is 0.0453. The third-order valence-electron chi connectivity index (χ3n) is 4.82. The SMILES string of the molecule is CC(=O)c1cccc(NC(=O)CSc2nnc(COc3ccc(C)cc3C)n2C(C)C)c1. The fraction of sp³-hybridized carbons (Fsp3) is 0.333. The van der Waals surface area contributed by atoms with Gasteiger partial charge in [-0.3, -0.25) is 9.59 Å². The van der Waals surface area contributed by atoms with Gasteiger partial charge < -0.3 is 14.6 Å². The summed E-state index contributed by atoms with van der Waals surface area (Å²) in [7, 11) is 0. The maximum absolute atomic E-state index is 12.4. The maximum Gasteiger partial charge on any atom is 0.234 e. The van der Waals surface area contributed by atoms with E-state index in [-0.39, 0.29) is 23.5 Å². The first kappa shape index (κ1) is 23.5. The number of hydrogen-bond acceptors (Lipinski definition) is 6. The lowest BCUT2D eigenvalue weighted by Crippen LogP contribution is -2.16. The molecule has 0 bridgehead atoms. The summed E-state index contributed by atoms with van der Waals surface area (Å²) in [5.74, 6) is 1.47. The summed E-state index contributed by atoms with van der Waals surface area (Å²) >= 11 is 1.32. The van der Waals surface area contributed by atoms with Crippen molar-refractivity contribution in [3.63, 3.8) is 0 Å². The predicted molar refractivity (Wildman–Crippen MR) is 126 cm³/mol. The fourth-order valence-electron chi connectivity index (χ4n) is 3.27. The summed E-state index contributed by atoms with van der Waals surface area (Å²) in [4.78, 5) is 24.0. The summed E-state index contributed by atoms with van der Waals surface area (Å²) in [5, 5.41) is 12.0. The Kier molecular flexibility index (Phi) is 7.69. The number of Topliss-reactive ketones (excluding diaryl/α,β-unsaturated/α-hetero) is 1. The second-order valence-electron chi connectivity index (χ2n) is 7.89. The van der Waals surface area contributed by atoms with Gasteiger partial charge in [0.1, 0.15) is 12.4 Å². The number of benzene rings is 2. The van der Waals surface area contributed by atoms with Crippen LogP contribution < -0.4 is 10.1 Å². The van der Waals surface area contributed by atoms with Crippen LogP contribution in [0.4, 0.5) is 5.69 Å². The topological polar surface area (TPSA) is 86.1 Å². The van der Waals surface area contributed by atoms with Crippen molar-refractivity contribution in [1.82, 2.24) is 14.8 Å². The van der Waals surface area contributed by atoms with Gasteiger partial charge in [0.2, 0.25) is 5.91 Å². The molecule has 0 atom stereocenters. The van der Waals surface area contributed by atoms with E-state index >= 15 is 0 Å². The van der Waals surface area contributed by atoms with Crippen LogP contribution in [0.1, 0.15) is 54.1 Å². The molecule has 8 heteroatoms. The van der Waals surface area contributed by atoms with Gasteiger partial charge in [0.15, 0.2) is 16.8 Å². The molecule has 32 heavy (non-hydrogen) atoms. The Labute approximate surface area is 192 Å². The highest BCUT2D eigenvalue weighted by Crippen LogP contribution is 2.24. The number of thioether (sulfide) groups is 1. The van der Waals surface area contributed by atoms with Crippen LogP contribution in [0.15, 0.2) is 47.6 Å². The summed E-state index contributed by atoms with van der Waals surface area (Å²) in [6, 6.07) is 13.1. The quantitative estimate of drug-likeness (QED) is 0.364. The molecule has 0 fully saturated rings. The van der Waals surface area contributed by atoms with Gasteiger partial charge in [-0.2, -0.15) is 0 Å². The third-order valence-corrected chi connectivity index (χ3v) is 5.77. The summed E-state index contributed by atoms with van der Waals surface area (Å²) in [6.45, 7) is 9.94. The van der Waals surface area contributed by atoms with E-state index in [1.54, 1.807) is 24.3 Å². The van der Waals surface area contributed by atoms with Crippen molar-refractivity contribution in [2.75, 3.05) is 11.1 Å². The molecule has 3 aromatic rings. The summed E-state index contributed by atoms with van der Waals surface area (Å²) < 4.78 is 7.96. The minimum Gasteiger partial charge on any atom is -0.485 e. The molecule has 1 aromatic heterocycles. The lowest BCUT2D eigenvalue weighted by atomic mass is 10.1. The van der Waals surface area contributed by atoms with Crippen LogP contribution in [0.3, 0.4) is 0 Å². The van der Waals surface area contributed by atoms with Gasteiger partial charge in [-0.1, -0.05) is 41.6 Å². The smallest absolute Gasteiger partial charge is 0.234 e. The number of ether oxygens (including phenoxy) is 1. The average molecular weight is 453 g/mol. The first-order chi connectivity index (χ1) is 15.2. The molecule has 0 aliphatic heterocycles. The van der Waals surface area contributed by atoms with E-state index in [0.29, 0.717) is 28.8 Å². The van der Waals surface area contributed by atoms with E-state index in [9.17, 15) is 9.59 Å². The Balaban J connectivity index is 1.64. The van der Waals surface area contributed by atoms with Crippen molar-refractivity contribution in [1.29, 1.82) is 0 Å². The van der Waals surface area contributed by atoms with Crippen LogP contribution in [0, 0.1) is 13.8 Å². The molecule has 0 saturated carbocycles. The molecule has 0 saturated heterocycles. The number of anilines is 1. The highest BCUT2D eigenvalue weighted by molar-refractivity contribution is 7.99. The first-order valence-electron chi connectivity index (χ1n) is 10.4. The molecule has 1 amide bonds. The molecule has 0 aliphatic rings. The number of carbonyl (C=O) groups is 2. The number of rotatable bonds is 9. The number of hydrogen-bond donors (Lipinski definition) is 1. The number of nitrogens with one attached hydrogen (secondary N) is 1. The molecule has 0 spiro atoms. The number of carbonyl (C=O) groups excluding carboxylic acids is 2. The Morgan fingerprint density at radius 1 is 1.12 bits per heavy atom. The molecule has 0 radical (unpaired) electrons. The number of nitrogens with zero attached hydrogens (tertiary/aromatic N) is 3. The lowest BCUT2D eigenvalue weighted by Gasteiger charge is -2.15. The number of amides is 1. The van der Waals surface area contributed by atoms with Gasteiger partial charge in [-0.05, 0) is 58.4 Å². The zero-order valence-electron chi connectivity index (χ0n) is 19.0. The number of ketones is 1. The van der Waals surface area contributed by atoms with Crippen LogP contribution in [-0.2, 0) is 11.4 Å². The Bertz CT molecular complexity index is 1120. The van der Waals surface area contributed by atoms with Gasteiger partial charge in [0.25, 0.3) is 0 Å². The molecule has 0 aliphatic carbocycles. The van der Waals surface area contributed by atoms with Gasteiger partial charge in [-0.25, -0.2) is 0 Å². The zero-order chi connectivity index (χ0) is 23.3. The minimum atomic E-state index is -0.179. The van der Waals surface area contributed by atoms with E-state index in [2.05, 4.69) is 21.6 Å². The number of aryl methyl sites for hydroxylation is 2. The van der Waals surface area contributed by atoms with E-state index in [1.165, 1.54) is 24.2 Å². The average Bonchev–Trinajstić information content (AvgIpc) is 3.15. The normalized spacial score (nSPS) is 10.9. The van der Waals surface area contributed by atoms with E-state index in [0.717, 1.165) is 11.3 Å². The van der Waals surface area contributed by atoms with Crippen LogP contribution in [-0.4, -0.2) is 32.2 Å². The van der Waals surface area contributed by atoms with E-state index in [1.807, 2.05) is 44.4 Å². The van der Waals surface area contributed by atoms with Gasteiger partial charge in [0.05, 0.1) is 5.75 Å². The number of aromatic nitrogens is 3. The van der Waals surface area contributed by atoms with Crippen molar-refractivity contribution in [2.45, 2.75) is 52.4 Å². The first-order valence-corrected chi connectivity index (χ1v) is 11.4. The van der Waals surface area contributed by atoms with Crippen molar-refractivity contribution >= 4 is 29.1 Å². The molecule has 1 N–H and O–H groups in total. The van der Waals surface area contributed by atoms with Crippen molar-refractivity contribution in [3.05, 3.63) is 65.0 Å². The fourth-order valence-corrected chi connectivity index (χ4v) is 4.16. The highest BCUT2D eigenvalue weighted by atomic mass is 32.2. The Morgan fingerprint density at radius 2 is 1.91 bits per heavy atom. The van der Waals surface area contributed by atoms with Crippen molar-refractivity contribution in [2.24, 2.45) is 0 Å². The largest absolute Gasteiger partial charge is 0.485 e. The monoisotopic (exact) mass is 452 g/mol.